The van der Waals surface area contributed by atoms with E-state index in [9.17, 15) is 31.2 Å². The molecule has 9 nitrogen and oxygen atoms in total. The summed E-state index contributed by atoms with van der Waals surface area (Å²) in [5, 5.41) is 3.39. The number of anilines is 2. The quantitative estimate of drug-likeness (QED) is 0.578. The van der Waals surface area contributed by atoms with Crippen LogP contribution in [0.25, 0.3) is 0 Å². The summed E-state index contributed by atoms with van der Waals surface area (Å²) >= 11 is 0. The molecule has 5 rings (SSSR count). The SMILES string of the molecule is CC1(C)C(=O)N(c2ccc(S(=O)(=O)C(F)(F)F)cc2)C(=O)N1Cc1ccnc(NC2C3COCC32)c1. The van der Waals surface area contributed by atoms with E-state index < -0.39 is 37.7 Å². The fourth-order valence-electron chi connectivity index (χ4n) is 4.70. The molecule has 3 fully saturated rings. The topological polar surface area (TPSA) is 109 Å². The van der Waals surface area contributed by atoms with Crippen LogP contribution in [0.3, 0.4) is 0 Å². The summed E-state index contributed by atoms with van der Waals surface area (Å²) < 4.78 is 67.2. The minimum Gasteiger partial charge on any atom is -0.381 e. The van der Waals surface area contributed by atoms with Crippen LogP contribution in [0.4, 0.5) is 29.5 Å². The number of aromatic nitrogens is 1. The molecule has 3 heterocycles. The number of nitrogens with zero attached hydrogens (tertiary/aromatic N) is 3. The maximum atomic E-state index is 13.3. The number of fused-ring (bicyclic) bond motifs is 1. The van der Waals surface area contributed by atoms with E-state index in [1.54, 1.807) is 26.1 Å². The Kier molecular flexibility index (Phi) is 5.56. The van der Waals surface area contributed by atoms with Gasteiger partial charge in [0.05, 0.1) is 23.8 Å². The number of hydrogen-bond donors (Lipinski definition) is 1. The molecule has 1 aliphatic carbocycles. The second kappa shape index (κ2) is 8.17. The first-order valence-corrected chi connectivity index (χ1v) is 12.7. The number of benzene rings is 1. The number of rotatable bonds is 6. The van der Waals surface area contributed by atoms with Crippen molar-refractivity contribution < 1.29 is 35.9 Å². The van der Waals surface area contributed by atoms with Crippen LogP contribution < -0.4 is 10.2 Å². The van der Waals surface area contributed by atoms with Gasteiger partial charge in [0.1, 0.15) is 11.4 Å². The normalized spacial score (nSPS) is 25.3. The maximum absolute atomic E-state index is 13.3. The second-order valence-electron chi connectivity index (χ2n) is 9.60. The van der Waals surface area contributed by atoms with E-state index in [4.69, 9.17) is 4.74 Å². The van der Waals surface area contributed by atoms with E-state index >= 15 is 0 Å². The molecule has 2 aliphatic heterocycles. The van der Waals surface area contributed by atoms with Crippen molar-refractivity contribution in [2.24, 2.45) is 11.8 Å². The molecule has 192 valence electrons. The number of nitrogens with one attached hydrogen (secondary N) is 1. The molecular weight excluding hydrogens is 501 g/mol. The molecule has 2 atom stereocenters. The fourth-order valence-corrected chi connectivity index (χ4v) is 5.46. The first kappa shape index (κ1) is 24.5. The zero-order valence-corrected chi connectivity index (χ0v) is 20.1. The van der Waals surface area contributed by atoms with Crippen molar-refractivity contribution in [2.75, 3.05) is 23.4 Å². The highest BCUT2D eigenvalue weighted by Crippen LogP contribution is 2.46. The lowest BCUT2D eigenvalue weighted by atomic mass is 10.0. The standard InChI is InChI=1S/C23H23F3N4O5S/c1-22(2)20(31)30(14-3-5-15(6-4-14)36(33,34)23(24,25)26)21(32)29(22)10-13-7-8-27-18(9-13)28-19-16-11-35-12-17(16)19/h3-9,16-17,19H,10-12H2,1-2H3,(H,27,28). The number of hydrogen-bond acceptors (Lipinski definition) is 7. The largest absolute Gasteiger partial charge is 0.501 e. The smallest absolute Gasteiger partial charge is 0.381 e. The Bertz CT molecular complexity index is 1320. The fraction of sp³-hybridized carbons (Fsp3) is 0.435. The zero-order valence-electron chi connectivity index (χ0n) is 19.3. The number of carbonyl (C=O) groups is 2. The third-order valence-corrected chi connectivity index (χ3v) is 8.47. The Morgan fingerprint density at radius 3 is 2.36 bits per heavy atom. The first-order chi connectivity index (χ1) is 16.8. The summed E-state index contributed by atoms with van der Waals surface area (Å²) in [5.41, 5.74) is -6.01. The molecule has 1 N–H and O–H groups in total. The van der Waals surface area contributed by atoms with Crippen LogP contribution in [-0.2, 0) is 25.9 Å². The van der Waals surface area contributed by atoms with Crippen LogP contribution in [0.1, 0.15) is 19.4 Å². The maximum Gasteiger partial charge on any atom is 0.501 e. The van der Waals surface area contributed by atoms with Crippen molar-refractivity contribution in [1.82, 2.24) is 9.88 Å². The molecule has 1 saturated carbocycles. The lowest BCUT2D eigenvalue weighted by Gasteiger charge is -2.27. The average Bonchev–Trinajstić information content (AvgIpc) is 3.15. The van der Waals surface area contributed by atoms with Gasteiger partial charge < -0.3 is 15.0 Å². The third-order valence-electron chi connectivity index (χ3n) is 6.97. The number of halogens is 3. The number of carbonyl (C=O) groups excluding carboxylic acids is 2. The van der Waals surface area contributed by atoms with Gasteiger partial charge in [-0.25, -0.2) is 23.1 Å². The molecule has 2 unspecified atom stereocenters. The number of sulfone groups is 1. The summed E-state index contributed by atoms with van der Waals surface area (Å²) in [7, 11) is -5.55. The predicted molar refractivity (Wildman–Crippen MR) is 122 cm³/mol. The van der Waals surface area contributed by atoms with E-state index in [2.05, 4.69) is 10.3 Å². The van der Waals surface area contributed by atoms with Gasteiger partial charge in [-0.05, 0) is 55.8 Å². The van der Waals surface area contributed by atoms with Gasteiger partial charge in [0.2, 0.25) is 0 Å². The van der Waals surface area contributed by atoms with Gasteiger partial charge in [0.15, 0.2) is 0 Å². The lowest BCUT2D eigenvalue weighted by Crippen LogP contribution is -2.43. The number of pyridine rings is 1. The number of imide groups is 1. The lowest BCUT2D eigenvalue weighted by molar-refractivity contribution is -0.123. The van der Waals surface area contributed by atoms with Crippen LogP contribution in [0.5, 0.6) is 0 Å². The number of alkyl halides is 3. The molecule has 0 spiro atoms. The zero-order chi connectivity index (χ0) is 26.0. The van der Waals surface area contributed by atoms with Gasteiger partial charge in [-0.15, -0.1) is 0 Å². The van der Waals surface area contributed by atoms with Crippen LogP contribution >= 0.6 is 0 Å². The highest BCUT2D eigenvalue weighted by Gasteiger charge is 2.54. The molecular formula is C23H23F3N4O5S. The number of ether oxygens (including phenoxy) is 1. The van der Waals surface area contributed by atoms with Gasteiger partial charge in [-0.3, -0.25) is 4.79 Å². The molecule has 3 aliphatic rings. The van der Waals surface area contributed by atoms with Gasteiger partial charge in [-0.2, -0.15) is 13.2 Å². The number of urea groups is 1. The van der Waals surface area contributed by atoms with Gasteiger partial charge in [0.25, 0.3) is 15.7 Å². The van der Waals surface area contributed by atoms with Crippen LogP contribution in [-0.4, -0.2) is 60.5 Å². The summed E-state index contributed by atoms with van der Waals surface area (Å²) in [4.78, 5) is 32.0. The van der Waals surface area contributed by atoms with Gasteiger partial charge >= 0.3 is 11.5 Å². The molecule has 2 aromatic rings. The van der Waals surface area contributed by atoms with Crippen molar-refractivity contribution >= 4 is 33.3 Å². The van der Waals surface area contributed by atoms with Crippen molar-refractivity contribution in [3.63, 3.8) is 0 Å². The van der Waals surface area contributed by atoms with Crippen molar-refractivity contribution in [1.29, 1.82) is 0 Å². The monoisotopic (exact) mass is 524 g/mol. The van der Waals surface area contributed by atoms with E-state index in [1.807, 2.05) is 6.07 Å². The second-order valence-corrected chi connectivity index (χ2v) is 11.5. The Hall–Kier alpha value is -3.19. The van der Waals surface area contributed by atoms with E-state index in [-0.39, 0.29) is 12.2 Å². The van der Waals surface area contributed by atoms with Crippen LogP contribution in [0.15, 0.2) is 47.5 Å². The third kappa shape index (κ3) is 3.90. The van der Waals surface area contributed by atoms with E-state index in [0.29, 0.717) is 23.7 Å². The Balaban J connectivity index is 1.35. The van der Waals surface area contributed by atoms with Gasteiger partial charge in [-0.1, -0.05) is 0 Å². The van der Waals surface area contributed by atoms with Crippen molar-refractivity contribution in [2.45, 2.75) is 42.4 Å². The Labute approximate surface area is 205 Å². The predicted octanol–water partition coefficient (Wildman–Crippen LogP) is 3.18. The molecule has 0 bridgehead atoms. The van der Waals surface area contributed by atoms with Crippen molar-refractivity contribution in [3.8, 4) is 0 Å². The highest BCUT2D eigenvalue weighted by atomic mass is 32.2. The molecule has 1 aromatic carbocycles. The first-order valence-electron chi connectivity index (χ1n) is 11.2. The number of amides is 3. The average molecular weight is 525 g/mol. The molecule has 3 amide bonds. The molecule has 36 heavy (non-hydrogen) atoms. The Morgan fingerprint density at radius 1 is 1.11 bits per heavy atom. The van der Waals surface area contributed by atoms with Gasteiger partial charge in [0, 0.05) is 30.6 Å². The molecule has 1 aromatic heterocycles. The van der Waals surface area contributed by atoms with Crippen LogP contribution in [0.2, 0.25) is 0 Å². The van der Waals surface area contributed by atoms with Crippen LogP contribution in [0, 0.1) is 11.8 Å². The summed E-state index contributed by atoms with van der Waals surface area (Å²) in [6.07, 6.45) is 1.61. The van der Waals surface area contributed by atoms with Crippen molar-refractivity contribution in [3.05, 3.63) is 48.2 Å². The summed E-state index contributed by atoms with van der Waals surface area (Å²) in [5.74, 6) is 1.01. The molecule has 13 heteroatoms. The van der Waals surface area contributed by atoms with E-state index in [1.165, 1.54) is 4.90 Å². The molecule has 2 saturated heterocycles. The van der Waals surface area contributed by atoms with E-state index in [0.717, 1.165) is 47.9 Å². The Morgan fingerprint density at radius 2 is 1.75 bits per heavy atom. The summed E-state index contributed by atoms with van der Waals surface area (Å²) in [6.45, 7) is 4.68. The highest BCUT2D eigenvalue weighted by molar-refractivity contribution is 7.92. The minimum atomic E-state index is -5.55. The molecule has 0 radical (unpaired) electrons. The summed E-state index contributed by atoms with van der Waals surface area (Å²) in [6, 6.07) is 6.65. The minimum absolute atomic E-state index is 0.0266.